The summed E-state index contributed by atoms with van der Waals surface area (Å²) in [6, 6.07) is 8.05. The number of benzene rings is 1. The first kappa shape index (κ1) is 14.1. The van der Waals surface area contributed by atoms with E-state index in [2.05, 4.69) is 0 Å². The van der Waals surface area contributed by atoms with Crippen LogP contribution in [0.4, 0.5) is 13.2 Å². The van der Waals surface area contributed by atoms with Gasteiger partial charge in [-0.25, -0.2) is 4.39 Å². The van der Waals surface area contributed by atoms with Crippen LogP contribution in [0.3, 0.4) is 0 Å². The minimum atomic E-state index is -3.52. The van der Waals surface area contributed by atoms with E-state index in [1.165, 1.54) is 12.1 Å². The van der Waals surface area contributed by atoms with Crippen molar-refractivity contribution in [3.63, 3.8) is 0 Å². The SMILES string of the molecule is CN(C)C/C=C(\F)C(F)(F)Sc1ccccc1. The summed E-state index contributed by atoms with van der Waals surface area (Å²) in [6.45, 7) is 0.150. The number of hydrogen-bond donors (Lipinski definition) is 0. The Hall–Kier alpha value is -0.940. The molecule has 0 atom stereocenters. The maximum absolute atomic E-state index is 13.5. The molecule has 0 amide bonds. The van der Waals surface area contributed by atoms with E-state index in [4.69, 9.17) is 0 Å². The Morgan fingerprint density at radius 1 is 1.29 bits per heavy atom. The zero-order valence-electron chi connectivity index (χ0n) is 9.66. The fourth-order valence-corrected chi connectivity index (χ4v) is 1.84. The third kappa shape index (κ3) is 4.83. The lowest BCUT2D eigenvalue weighted by molar-refractivity contribution is 0.118. The van der Waals surface area contributed by atoms with Gasteiger partial charge < -0.3 is 4.90 Å². The van der Waals surface area contributed by atoms with E-state index >= 15 is 0 Å². The standard InChI is InChI=1S/C12H14F3NS/c1-16(2)9-8-11(13)12(14,15)17-10-6-4-3-5-7-10/h3-8H,9H2,1-2H3/b11-8-. The Labute approximate surface area is 103 Å². The molecule has 0 heterocycles. The molecule has 0 bridgehead atoms. The van der Waals surface area contributed by atoms with Gasteiger partial charge in [0.15, 0.2) is 5.83 Å². The second kappa shape index (κ2) is 6.12. The number of nitrogens with zero attached hydrogens (tertiary/aromatic N) is 1. The Kier molecular flexibility index (Phi) is 5.08. The van der Waals surface area contributed by atoms with Gasteiger partial charge in [-0.1, -0.05) is 18.2 Å². The maximum atomic E-state index is 13.5. The van der Waals surface area contributed by atoms with Gasteiger partial charge in [0.25, 0.3) is 0 Å². The number of likely N-dealkylation sites (N-methyl/N-ethyl adjacent to an activating group) is 1. The van der Waals surface area contributed by atoms with E-state index in [0.29, 0.717) is 4.90 Å². The molecular weight excluding hydrogens is 247 g/mol. The third-order valence-corrected chi connectivity index (χ3v) is 2.86. The lowest BCUT2D eigenvalue weighted by atomic mass is 10.4. The van der Waals surface area contributed by atoms with Crippen LogP contribution in [-0.2, 0) is 0 Å². The highest BCUT2D eigenvalue weighted by Gasteiger charge is 2.36. The van der Waals surface area contributed by atoms with Crippen molar-refractivity contribution in [3.8, 4) is 0 Å². The first-order chi connectivity index (χ1) is 7.92. The van der Waals surface area contributed by atoms with Crippen LogP contribution >= 0.6 is 11.8 Å². The summed E-state index contributed by atoms with van der Waals surface area (Å²) in [5, 5.41) is -3.52. The summed E-state index contributed by atoms with van der Waals surface area (Å²) in [5.41, 5.74) is 0. The molecule has 0 aromatic heterocycles. The highest BCUT2D eigenvalue weighted by atomic mass is 32.2. The molecule has 0 N–H and O–H groups in total. The zero-order chi connectivity index (χ0) is 12.9. The van der Waals surface area contributed by atoms with Gasteiger partial charge in [-0.15, -0.1) is 0 Å². The van der Waals surface area contributed by atoms with E-state index in [-0.39, 0.29) is 18.3 Å². The van der Waals surface area contributed by atoms with Crippen molar-refractivity contribution in [2.75, 3.05) is 20.6 Å². The molecule has 5 heteroatoms. The predicted molar refractivity (Wildman–Crippen MR) is 65.0 cm³/mol. The van der Waals surface area contributed by atoms with Crippen LogP contribution in [0.1, 0.15) is 0 Å². The van der Waals surface area contributed by atoms with Crippen LogP contribution in [0.5, 0.6) is 0 Å². The number of alkyl halides is 2. The molecule has 0 aliphatic heterocycles. The first-order valence-corrected chi connectivity index (χ1v) is 5.86. The Morgan fingerprint density at radius 2 is 1.88 bits per heavy atom. The Balaban J connectivity index is 2.71. The summed E-state index contributed by atoms with van der Waals surface area (Å²) in [7, 11) is 3.37. The Morgan fingerprint density at radius 3 is 2.41 bits per heavy atom. The zero-order valence-corrected chi connectivity index (χ0v) is 10.5. The smallest absolute Gasteiger partial charge is 0.306 e. The molecule has 0 saturated heterocycles. The third-order valence-electron chi connectivity index (χ3n) is 1.90. The van der Waals surface area contributed by atoms with Crippen LogP contribution in [0.25, 0.3) is 0 Å². The van der Waals surface area contributed by atoms with E-state index in [1.54, 1.807) is 37.2 Å². The van der Waals surface area contributed by atoms with E-state index in [9.17, 15) is 13.2 Å². The van der Waals surface area contributed by atoms with E-state index < -0.39 is 11.1 Å². The van der Waals surface area contributed by atoms with Crippen molar-refractivity contribution in [1.82, 2.24) is 4.90 Å². The van der Waals surface area contributed by atoms with Crippen molar-refractivity contribution in [2.24, 2.45) is 0 Å². The molecule has 0 aliphatic rings. The maximum Gasteiger partial charge on any atom is 0.348 e. The van der Waals surface area contributed by atoms with Gasteiger partial charge in [-0.3, -0.25) is 0 Å². The molecule has 0 spiro atoms. The van der Waals surface area contributed by atoms with Gasteiger partial charge >= 0.3 is 5.25 Å². The van der Waals surface area contributed by atoms with Crippen LogP contribution in [-0.4, -0.2) is 30.8 Å². The van der Waals surface area contributed by atoms with Gasteiger partial charge in [-0.2, -0.15) is 8.78 Å². The molecular formula is C12H14F3NS. The second-order valence-corrected chi connectivity index (χ2v) is 4.93. The fourth-order valence-electron chi connectivity index (χ4n) is 1.07. The average Bonchev–Trinajstić information content (AvgIpc) is 2.26. The lowest BCUT2D eigenvalue weighted by Gasteiger charge is -2.14. The highest BCUT2D eigenvalue weighted by molar-refractivity contribution is 8.00. The number of thioether (sulfide) groups is 1. The van der Waals surface area contributed by atoms with Crippen LogP contribution in [0.2, 0.25) is 0 Å². The largest absolute Gasteiger partial charge is 0.348 e. The number of rotatable bonds is 5. The summed E-state index contributed by atoms with van der Waals surface area (Å²) in [6.07, 6.45) is 0.899. The van der Waals surface area contributed by atoms with Gasteiger partial charge in [0.05, 0.1) is 0 Å². The van der Waals surface area contributed by atoms with Crippen molar-refractivity contribution in [1.29, 1.82) is 0 Å². The van der Waals surface area contributed by atoms with Gasteiger partial charge in [0, 0.05) is 11.4 Å². The fraction of sp³-hybridized carbons (Fsp3) is 0.333. The molecule has 0 saturated carbocycles. The summed E-state index contributed by atoms with van der Waals surface area (Å²) in [4.78, 5) is 1.95. The summed E-state index contributed by atoms with van der Waals surface area (Å²) < 4.78 is 40.2. The van der Waals surface area contributed by atoms with Gasteiger partial charge in [0.2, 0.25) is 0 Å². The average molecular weight is 261 g/mol. The molecule has 94 valence electrons. The van der Waals surface area contributed by atoms with Crippen LogP contribution in [0.15, 0.2) is 47.1 Å². The van der Waals surface area contributed by atoms with Crippen molar-refractivity contribution >= 4 is 11.8 Å². The molecule has 1 aromatic carbocycles. The molecule has 1 rings (SSSR count). The molecule has 0 radical (unpaired) electrons. The van der Waals surface area contributed by atoms with Crippen molar-refractivity contribution < 1.29 is 13.2 Å². The monoisotopic (exact) mass is 261 g/mol. The number of halogens is 3. The normalized spacial score (nSPS) is 13.2. The molecule has 1 nitrogen and oxygen atoms in total. The van der Waals surface area contributed by atoms with E-state index in [1.807, 2.05) is 0 Å². The molecule has 0 unspecified atom stereocenters. The first-order valence-electron chi connectivity index (χ1n) is 5.04. The minimum Gasteiger partial charge on any atom is -0.306 e. The predicted octanol–water partition coefficient (Wildman–Crippen LogP) is 3.79. The minimum absolute atomic E-state index is 0.150. The van der Waals surface area contributed by atoms with Crippen molar-refractivity contribution in [3.05, 3.63) is 42.2 Å². The molecule has 17 heavy (non-hydrogen) atoms. The lowest BCUT2D eigenvalue weighted by Crippen LogP contribution is -2.16. The summed E-state index contributed by atoms with van der Waals surface area (Å²) >= 11 is 0.211. The molecule has 0 fully saturated rings. The van der Waals surface area contributed by atoms with Crippen LogP contribution < -0.4 is 0 Å². The van der Waals surface area contributed by atoms with E-state index in [0.717, 1.165) is 6.08 Å². The van der Waals surface area contributed by atoms with Gasteiger partial charge in [0.1, 0.15) is 0 Å². The molecule has 0 aliphatic carbocycles. The highest BCUT2D eigenvalue weighted by Crippen LogP contribution is 2.41. The second-order valence-electron chi connectivity index (χ2n) is 3.75. The Bertz CT molecular complexity index is 377. The molecule has 1 aromatic rings. The topological polar surface area (TPSA) is 3.24 Å². The van der Waals surface area contributed by atoms with Crippen LogP contribution in [0, 0.1) is 0 Å². The van der Waals surface area contributed by atoms with Crippen molar-refractivity contribution in [2.45, 2.75) is 10.2 Å². The number of hydrogen-bond acceptors (Lipinski definition) is 2. The quantitative estimate of drug-likeness (QED) is 0.742. The summed E-state index contributed by atoms with van der Waals surface area (Å²) in [5.74, 6) is -1.40. The van der Waals surface area contributed by atoms with Gasteiger partial charge in [-0.05, 0) is 44.1 Å².